The molecule has 0 aliphatic carbocycles. The zero-order valence-corrected chi connectivity index (χ0v) is 22.3. The number of para-hydroxylation sites is 1. The van der Waals surface area contributed by atoms with Crippen LogP contribution in [0.4, 0.5) is 5.69 Å². The molecule has 1 aliphatic rings. The molecule has 2 aromatic carbocycles. The molecule has 1 amide bonds. The van der Waals surface area contributed by atoms with Gasteiger partial charge in [0.15, 0.2) is 0 Å². The molecule has 2 aromatic rings. The smallest absolute Gasteiger partial charge is 0.243 e. The first-order valence-corrected chi connectivity index (χ1v) is 14.9. The first-order valence-electron chi connectivity index (χ1n) is 11.6. The lowest BCUT2D eigenvalue weighted by molar-refractivity contribution is -0.119. The first kappa shape index (κ1) is 27.9. The van der Waals surface area contributed by atoms with Crippen LogP contribution in [-0.2, 0) is 29.6 Å². The number of nitrogens with one attached hydrogen (secondary N) is 1. The van der Waals surface area contributed by atoms with E-state index in [1.54, 1.807) is 24.3 Å². The first-order chi connectivity index (χ1) is 17.0. The molecule has 1 N–H and O–H groups in total. The van der Waals surface area contributed by atoms with Crippen molar-refractivity contribution in [2.75, 3.05) is 56.6 Å². The van der Waals surface area contributed by atoms with Gasteiger partial charge in [-0.25, -0.2) is 16.8 Å². The van der Waals surface area contributed by atoms with Crippen LogP contribution in [0.15, 0.2) is 53.4 Å². The van der Waals surface area contributed by atoms with E-state index in [-0.39, 0.29) is 30.5 Å². The quantitative estimate of drug-likeness (QED) is 0.432. The summed E-state index contributed by atoms with van der Waals surface area (Å²) < 4.78 is 63.5. The number of anilines is 1. The predicted molar refractivity (Wildman–Crippen MR) is 137 cm³/mol. The third-order valence-electron chi connectivity index (χ3n) is 5.64. The molecule has 1 fully saturated rings. The average molecular weight is 540 g/mol. The minimum atomic E-state index is -3.69. The van der Waals surface area contributed by atoms with Gasteiger partial charge in [0.2, 0.25) is 26.0 Å². The number of sulfonamides is 2. The monoisotopic (exact) mass is 539 g/mol. The number of nitrogens with zero attached hydrogens (tertiary/aromatic N) is 2. The molecule has 198 valence electrons. The Bertz CT molecular complexity index is 1240. The molecular formula is C24H33N3O7S2. The molecule has 0 radical (unpaired) electrons. The van der Waals surface area contributed by atoms with E-state index < -0.39 is 26.0 Å². The summed E-state index contributed by atoms with van der Waals surface area (Å²) in [4.78, 5) is 12.7. The topological polar surface area (TPSA) is 122 Å². The number of amides is 1. The minimum Gasteiger partial charge on any atom is -0.492 e. The zero-order chi connectivity index (χ0) is 26.3. The van der Waals surface area contributed by atoms with Gasteiger partial charge < -0.3 is 14.8 Å². The number of ether oxygens (including phenoxy) is 2. The van der Waals surface area contributed by atoms with Crippen molar-refractivity contribution in [2.24, 2.45) is 0 Å². The number of morpholine rings is 1. The van der Waals surface area contributed by atoms with Crippen LogP contribution in [0.25, 0.3) is 0 Å². The molecule has 12 heteroatoms. The Morgan fingerprint density at radius 2 is 1.69 bits per heavy atom. The summed E-state index contributed by atoms with van der Waals surface area (Å²) in [5.41, 5.74) is 1.31. The van der Waals surface area contributed by atoms with Gasteiger partial charge in [-0.05, 0) is 41.8 Å². The number of hydrogen-bond acceptors (Lipinski definition) is 7. The molecule has 0 spiro atoms. The van der Waals surface area contributed by atoms with Crippen LogP contribution < -0.4 is 14.4 Å². The van der Waals surface area contributed by atoms with Gasteiger partial charge in [-0.3, -0.25) is 9.10 Å². The van der Waals surface area contributed by atoms with Crippen LogP contribution in [0.5, 0.6) is 5.75 Å². The number of benzene rings is 2. The van der Waals surface area contributed by atoms with Gasteiger partial charge in [0, 0.05) is 13.1 Å². The third kappa shape index (κ3) is 7.19. The van der Waals surface area contributed by atoms with Gasteiger partial charge in [0.1, 0.15) is 18.9 Å². The fourth-order valence-electron chi connectivity index (χ4n) is 3.77. The van der Waals surface area contributed by atoms with E-state index in [2.05, 4.69) is 5.32 Å². The van der Waals surface area contributed by atoms with E-state index in [1.807, 2.05) is 26.0 Å². The highest BCUT2D eigenvalue weighted by atomic mass is 32.2. The van der Waals surface area contributed by atoms with Crippen molar-refractivity contribution in [2.45, 2.75) is 24.7 Å². The number of rotatable bonds is 11. The van der Waals surface area contributed by atoms with E-state index in [4.69, 9.17) is 9.47 Å². The molecule has 0 bridgehead atoms. The molecule has 10 nitrogen and oxygen atoms in total. The standard InChI is InChI=1S/C24H33N3O7S2/c1-19(2)22-6-4-5-7-23(22)27(35(3,29)30)18-24(28)25-12-15-34-20-8-10-21(11-9-20)36(31,32)26-13-16-33-17-14-26/h4-11,19H,12-18H2,1-3H3,(H,25,28). The highest BCUT2D eigenvalue weighted by Crippen LogP contribution is 2.28. The van der Waals surface area contributed by atoms with Crippen LogP contribution in [0, 0.1) is 0 Å². The maximum Gasteiger partial charge on any atom is 0.243 e. The Morgan fingerprint density at radius 1 is 1.06 bits per heavy atom. The van der Waals surface area contributed by atoms with Gasteiger partial charge in [-0.1, -0.05) is 32.0 Å². The summed E-state index contributed by atoms with van der Waals surface area (Å²) in [5.74, 6) is 0.0699. The summed E-state index contributed by atoms with van der Waals surface area (Å²) in [5, 5.41) is 2.67. The Balaban J connectivity index is 1.53. The maximum absolute atomic E-state index is 12.7. The molecular weight excluding hydrogens is 506 g/mol. The lowest BCUT2D eigenvalue weighted by Crippen LogP contribution is -2.41. The third-order valence-corrected chi connectivity index (χ3v) is 8.68. The second-order valence-electron chi connectivity index (χ2n) is 8.67. The Labute approximate surface area is 213 Å². The Kier molecular flexibility index (Phi) is 9.34. The van der Waals surface area contributed by atoms with Crippen LogP contribution in [0.2, 0.25) is 0 Å². The van der Waals surface area contributed by atoms with Crippen molar-refractivity contribution >= 4 is 31.6 Å². The SMILES string of the molecule is CC(C)c1ccccc1N(CC(=O)NCCOc1ccc(S(=O)(=O)N2CCOCC2)cc1)S(C)(=O)=O. The Morgan fingerprint density at radius 3 is 2.31 bits per heavy atom. The van der Waals surface area contributed by atoms with E-state index in [9.17, 15) is 21.6 Å². The van der Waals surface area contributed by atoms with Crippen molar-refractivity contribution < 1.29 is 31.1 Å². The summed E-state index contributed by atoms with van der Waals surface area (Å²) in [6, 6.07) is 13.2. The highest BCUT2D eigenvalue weighted by Gasteiger charge is 2.26. The number of carbonyl (C=O) groups is 1. The summed E-state index contributed by atoms with van der Waals surface area (Å²) >= 11 is 0. The summed E-state index contributed by atoms with van der Waals surface area (Å²) in [6.45, 7) is 5.23. The van der Waals surface area contributed by atoms with Crippen LogP contribution in [0.1, 0.15) is 25.3 Å². The molecule has 0 saturated carbocycles. The molecule has 0 atom stereocenters. The lowest BCUT2D eigenvalue weighted by Gasteiger charge is -2.26. The van der Waals surface area contributed by atoms with Crippen molar-refractivity contribution in [3.8, 4) is 5.75 Å². The van der Waals surface area contributed by atoms with Crippen molar-refractivity contribution in [1.29, 1.82) is 0 Å². The van der Waals surface area contributed by atoms with Gasteiger partial charge >= 0.3 is 0 Å². The molecule has 1 heterocycles. The van der Waals surface area contributed by atoms with Crippen LogP contribution in [-0.4, -0.2) is 79.3 Å². The second kappa shape index (κ2) is 12.0. The zero-order valence-electron chi connectivity index (χ0n) is 20.7. The van der Waals surface area contributed by atoms with Crippen molar-refractivity contribution in [3.05, 3.63) is 54.1 Å². The van der Waals surface area contributed by atoms with Gasteiger partial charge in [0.25, 0.3) is 0 Å². The molecule has 36 heavy (non-hydrogen) atoms. The summed E-state index contributed by atoms with van der Waals surface area (Å²) in [7, 11) is -7.27. The maximum atomic E-state index is 12.7. The van der Waals surface area contributed by atoms with E-state index in [0.29, 0.717) is 37.7 Å². The van der Waals surface area contributed by atoms with E-state index >= 15 is 0 Å². The molecule has 0 unspecified atom stereocenters. The van der Waals surface area contributed by atoms with E-state index in [0.717, 1.165) is 16.1 Å². The van der Waals surface area contributed by atoms with Crippen molar-refractivity contribution in [1.82, 2.24) is 9.62 Å². The lowest BCUT2D eigenvalue weighted by atomic mass is 10.0. The van der Waals surface area contributed by atoms with Crippen LogP contribution >= 0.6 is 0 Å². The van der Waals surface area contributed by atoms with Gasteiger partial charge in [0.05, 0.1) is 36.6 Å². The fraction of sp³-hybridized carbons (Fsp3) is 0.458. The predicted octanol–water partition coefficient (Wildman–Crippen LogP) is 1.79. The molecule has 0 aromatic heterocycles. The number of hydrogen-bond donors (Lipinski definition) is 1. The van der Waals surface area contributed by atoms with Gasteiger partial charge in [-0.15, -0.1) is 0 Å². The van der Waals surface area contributed by atoms with Crippen molar-refractivity contribution in [3.63, 3.8) is 0 Å². The molecule has 1 saturated heterocycles. The highest BCUT2D eigenvalue weighted by molar-refractivity contribution is 7.92. The van der Waals surface area contributed by atoms with Crippen LogP contribution in [0.3, 0.4) is 0 Å². The summed E-state index contributed by atoms with van der Waals surface area (Å²) in [6.07, 6.45) is 1.07. The largest absolute Gasteiger partial charge is 0.492 e. The average Bonchev–Trinajstić information content (AvgIpc) is 2.85. The number of carbonyl (C=O) groups excluding carboxylic acids is 1. The fourth-order valence-corrected chi connectivity index (χ4v) is 6.06. The Hall–Kier alpha value is -2.67. The normalized spacial score (nSPS) is 15.0. The second-order valence-corrected chi connectivity index (χ2v) is 12.5. The van der Waals surface area contributed by atoms with Gasteiger partial charge in [-0.2, -0.15) is 4.31 Å². The minimum absolute atomic E-state index is 0.0807. The molecule has 3 rings (SSSR count). The van der Waals surface area contributed by atoms with E-state index in [1.165, 1.54) is 16.4 Å². The molecule has 1 aliphatic heterocycles.